The van der Waals surface area contributed by atoms with Crippen molar-refractivity contribution in [1.29, 1.82) is 0 Å². The molecular formula is C14H19BrFNO. The van der Waals surface area contributed by atoms with Crippen molar-refractivity contribution >= 4 is 15.9 Å². The van der Waals surface area contributed by atoms with Crippen LogP contribution in [0.2, 0.25) is 0 Å². The molecule has 1 saturated carbocycles. The first kappa shape index (κ1) is 13.8. The first-order chi connectivity index (χ1) is 8.65. The van der Waals surface area contributed by atoms with Crippen molar-refractivity contribution in [3.05, 3.63) is 28.0 Å². The molecule has 1 atom stereocenters. The minimum atomic E-state index is -0.283. The van der Waals surface area contributed by atoms with Crippen molar-refractivity contribution in [3.8, 4) is 5.75 Å². The molecule has 1 aromatic carbocycles. The first-order valence-electron chi connectivity index (χ1n) is 6.36. The second-order valence-corrected chi connectivity index (χ2v) is 5.74. The van der Waals surface area contributed by atoms with Gasteiger partial charge in [0.2, 0.25) is 0 Å². The van der Waals surface area contributed by atoms with Crippen LogP contribution in [0, 0.1) is 11.7 Å². The molecular weight excluding hydrogens is 297 g/mol. The van der Waals surface area contributed by atoms with Gasteiger partial charge in [-0.2, -0.15) is 0 Å². The van der Waals surface area contributed by atoms with Crippen molar-refractivity contribution in [1.82, 2.24) is 5.32 Å². The fourth-order valence-electron chi connectivity index (χ4n) is 2.46. The Morgan fingerprint density at radius 2 is 2.22 bits per heavy atom. The molecule has 0 aromatic heterocycles. The smallest absolute Gasteiger partial charge is 0.141 e. The largest absolute Gasteiger partial charge is 0.496 e. The molecule has 1 aliphatic carbocycles. The lowest BCUT2D eigenvalue weighted by Crippen LogP contribution is -2.23. The van der Waals surface area contributed by atoms with Crippen LogP contribution in [0.5, 0.6) is 5.75 Å². The second kappa shape index (κ2) is 6.02. The molecule has 0 heterocycles. The van der Waals surface area contributed by atoms with E-state index >= 15 is 0 Å². The molecule has 100 valence electrons. The maximum atomic E-state index is 13.5. The Morgan fingerprint density at radius 1 is 1.50 bits per heavy atom. The number of nitrogens with one attached hydrogen (secondary N) is 1. The Morgan fingerprint density at radius 3 is 2.72 bits per heavy atom. The van der Waals surface area contributed by atoms with Crippen LogP contribution < -0.4 is 10.1 Å². The monoisotopic (exact) mass is 315 g/mol. The lowest BCUT2D eigenvalue weighted by Gasteiger charge is -2.30. The fourth-order valence-corrected chi connectivity index (χ4v) is 2.82. The predicted octanol–water partition coefficient (Wildman–Crippen LogP) is 4.05. The van der Waals surface area contributed by atoms with Gasteiger partial charge in [0.25, 0.3) is 0 Å². The highest BCUT2D eigenvalue weighted by Crippen LogP contribution is 2.38. The maximum absolute atomic E-state index is 13.5. The molecule has 4 heteroatoms. The van der Waals surface area contributed by atoms with Gasteiger partial charge in [-0.05, 0) is 41.4 Å². The number of hydrogen-bond acceptors (Lipinski definition) is 2. The average molecular weight is 316 g/mol. The minimum absolute atomic E-state index is 0.224. The van der Waals surface area contributed by atoms with Crippen molar-refractivity contribution in [3.63, 3.8) is 0 Å². The minimum Gasteiger partial charge on any atom is -0.496 e. The van der Waals surface area contributed by atoms with E-state index < -0.39 is 0 Å². The van der Waals surface area contributed by atoms with E-state index in [4.69, 9.17) is 4.74 Å². The number of benzene rings is 1. The third-order valence-electron chi connectivity index (χ3n) is 3.79. The average Bonchev–Trinajstić information content (AvgIpc) is 2.31. The Labute approximate surface area is 116 Å². The van der Waals surface area contributed by atoms with Gasteiger partial charge in [-0.1, -0.05) is 19.3 Å². The lowest BCUT2D eigenvalue weighted by atomic mass is 9.79. The van der Waals surface area contributed by atoms with Crippen molar-refractivity contribution < 1.29 is 9.13 Å². The first-order valence-corrected chi connectivity index (χ1v) is 7.15. The summed E-state index contributed by atoms with van der Waals surface area (Å²) in [6.07, 6.45) is 5.04. The van der Waals surface area contributed by atoms with E-state index in [1.165, 1.54) is 25.3 Å². The Hall–Kier alpha value is -0.610. The number of rotatable bonds is 5. The van der Waals surface area contributed by atoms with Crippen LogP contribution in [0.3, 0.4) is 0 Å². The van der Waals surface area contributed by atoms with E-state index in [0.717, 1.165) is 17.9 Å². The normalized spacial score (nSPS) is 17.3. The summed E-state index contributed by atoms with van der Waals surface area (Å²) in [6.45, 7) is 0. The topological polar surface area (TPSA) is 21.3 Å². The zero-order chi connectivity index (χ0) is 13.1. The summed E-state index contributed by atoms with van der Waals surface area (Å²) in [4.78, 5) is 0. The summed E-state index contributed by atoms with van der Waals surface area (Å²) < 4.78 is 19.3. The summed E-state index contributed by atoms with van der Waals surface area (Å²) in [5, 5.41) is 3.32. The highest BCUT2D eigenvalue weighted by molar-refractivity contribution is 9.10. The molecule has 0 aliphatic heterocycles. The number of ether oxygens (including phenoxy) is 1. The van der Waals surface area contributed by atoms with Gasteiger partial charge >= 0.3 is 0 Å². The van der Waals surface area contributed by atoms with Crippen LogP contribution in [0.15, 0.2) is 16.6 Å². The zero-order valence-corrected chi connectivity index (χ0v) is 12.4. The quantitative estimate of drug-likeness (QED) is 0.885. The summed E-state index contributed by atoms with van der Waals surface area (Å²) in [6, 6.07) is 3.50. The van der Waals surface area contributed by atoms with E-state index in [1.807, 2.05) is 13.1 Å². The Balaban J connectivity index is 2.24. The van der Waals surface area contributed by atoms with Crippen LogP contribution in [-0.4, -0.2) is 14.2 Å². The maximum Gasteiger partial charge on any atom is 0.141 e. The van der Waals surface area contributed by atoms with Gasteiger partial charge in [-0.3, -0.25) is 0 Å². The molecule has 0 radical (unpaired) electrons. The Kier molecular flexibility index (Phi) is 4.62. The summed E-state index contributed by atoms with van der Waals surface area (Å²) in [7, 11) is 3.53. The van der Waals surface area contributed by atoms with Crippen LogP contribution in [0.4, 0.5) is 4.39 Å². The summed E-state index contributed by atoms with van der Waals surface area (Å²) in [5.74, 6) is 1.12. The highest BCUT2D eigenvalue weighted by atomic mass is 79.9. The number of halogens is 2. The molecule has 1 N–H and O–H groups in total. The fraction of sp³-hybridized carbons (Fsp3) is 0.571. The molecule has 0 spiro atoms. The third kappa shape index (κ3) is 2.86. The summed E-state index contributed by atoms with van der Waals surface area (Å²) >= 11 is 3.25. The van der Waals surface area contributed by atoms with E-state index in [9.17, 15) is 4.39 Å². The SMILES string of the molecule is CNC(CC1CCC1)c1cc(Br)c(F)cc1OC. The van der Waals surface area contributed by atoms with Crippen LogP contribution in [0.1, 0.15) is 37.3 Å². The molecule has 0 saturated heterocycles. The molecule has 1 aromatic rings. The van der Waals surface area contributed by atoms with Gasteiger partial charge in [0, 0.05) is 17.7 Å². The number of methoxy groups -OCH3 is 1. The Bertz CT molecular complexity index is 421. The molecule has 18 heavy (non-hydrogen) atoms. The van der Waals surface area contributed by atoms with E-state index in [1.54, 1.807) is 7.11 Å². The van der Waals surface area contributed by atoms with Gasteiger partial charge in [-0.25, -0.2) is 4.39 Å². The predicted molar refractivity (Wildman–Crippen MR) is 74.4 cm³/mol. The van der Waals surface area contributed by atoms with Gasteiger partial charge in [0.15, 0.2) is 0 Å². The van der Waals surface area contributed by atoms with E-state index in [2.05, 4.69) is 21.2 Å². The van der Waals surface area contributed by atoms with E-state index in [-0.39, 0.29) is 11.9 Å². The van der Waals surface area contributed by atoms with Gasteiger partial charge in [0.1, 0.15) is 11.6 Å². The molecule has 2 rings (SSSR count). The van der Waals surface area contributed by atoms with Crippen LogP contribution in [0.25, 0.3) is 0 Å². The van der Waals surface area contributed by atoms with Crippen molar-refractivity contribution in [2.45, 2.75) is 31.7 Å². The van der Waals surface area contributed by atoms with Gasteiger partial charge in [0.05, 0.1) is 11.6 Å². The lowest BCUT2D eigenvalue weighted by molar-refractivity contribution is 0.263. The third-order valence-corrected chi connectivity index (χ3v) is 4.40. The highest BCUT2D eigenvalue weighted by Gasteiger charge is 2.24. The van der Waals surface area contributed by atoms with Crippen molar-refractivity contribution in [2.24, 2.45) is 5.92 Å². The molecule has 0 bridgehead atoms. The molecule has 1 fully saturated rings. The number of hydrogen-bond donors (Lipinski definition) is 1. The molecule has 2 nitrogen and oxygen atoms in total. The molecule has 0 amide bonds. The van der Waals surface area contributed by atoms with E-state index in [0.29, 0.717) is 10.2 Å². The summed E-state index contributed by atoms with van der Waals surface area (Å²) in [5.41, 5.74) is 1.03. The van der Waals surface area contributed by atoms with Crippen LogP contribution in [-0.2, 0) is 0 Å². The zero-order valence-electron chi connectivity index (χ0n) is 10.8. The van der Waals surface area contributed by atoms with Gasteiger partial charge in [-0.15, -0.1) is 0 Å². The molecule has 1 aliphatic rings. The van der Waals surface area contributed by atoms with Crippen LogP contribution >= 0.6 is 15.9 Å². The standard InChI is InChI=1S/C14H19BrFNO/c1-17-13(6-9-4-3-5-9)10-7-11(15)12(16)8-14(10)18-2/h7-9,13,17H,3-6H2,1-2H3. The van der Waals surface area contributed by atoms with Gasteiger partial charge < -0.3 is 10.1 Å². The van der Waals surface area contributed by atoms with Crippen molar-refractivity contribution in [2.75, 3.05) is 14.2 Å². The molecule has 1 unspecified atom stereocenters. The second-order valence-electron chi connectivity index (χ2n) is 4.88.